The molecule has 3 aromatic rings. The summed E-state index contributed by atoms with van der Waals surface area (Å²) in [6.45, 7) is 0. The van der Waals surface area contributed by atoms with Crippen LogP contribution in [0.2, 0.25) is 0 Å². The molecule has 0 aromatic heterocycles. The van der Waals surface area contributed by atoms with Gasteiger partial charge in [0.25, 0.3) is 0 Å². The number of rotatable bonds is 6. The molecule has 0 N–H and O–H groups in total. The van der Waals surface area contributed by atoms with Crippen LogP contribution < -0.4 is 27.5 Å². The van der Waals surface area contributed by atoms with Gasteiger partial charge in [-0.15, -0.1) is 0 Å². The van der Waals surface area contributed by atoms with Gasteiger partial charge in [-0.05, 0) is 13.3 Å². The quantitative estimate of drug-likeness (QED) is 0.212. The Morgan fingerprint density at radius 2 is 0.914 bits per heavy atom. The van der Waals surface area contributed by atoms with Crippen LogP contribution in [0, 0.1) is 58.2 Å². The maximum absolute atomic E-state index is 15.3. The molecule has 0 saturated carbocycles. The minimum absolute atomic E-state index is 0.137. The van der Waals surface area contributed by atoms with Crippen molar-refractivity contribution in [1.29, 1.82) is 0 Å². The van der Waals surface area contributed by atoms with Crippen LogP contribution in [0.1, 0.15) is 0 Å². The fraction of sp³-hybridized carbons (Fsp3) is 0.143. The lowest BCUT2D eigenvalue weighted by Gasteiger charge is -2.22. The van der Waals surface area contributed by atoms with Gasteiger partial charge < -0.3 is 14.2 Å². The first kappa shape index (κ1) is 26.5. The highest BCUT2D eigenvalue weighted by atomic mass is 27.2. The molecule has 35 heavy (non-hydrogen) atoms. The van der Waals surface area contributed by atoms with Crippen LogP contribution in [0.5, 0.6) is 17.2 Å². The van der Waals surface area contributed by atoms with Crippen molar-refractivity contribution in [2.75, 3.05) is 21.3 Å². The molecule has 3 nitrogen and oxygen atoms in total. The number of hydrogen-bond acceptors (Lipinski definition) is 3. The van der Waals surface area contributed by atoms with Gasteiger partial charge in [-0.3, -0.25) is 0 Å². The van der Waals surface area contributed by atoms with E-state index >= 15 is 8.78 Å². The molecule has 0 fully saturated rings. The average molecular weight is 528 g/mol. The average Bonchev–Trinajstić information content (AvgIpc) is 2.81. The maximum atomic E-state index is 15.3. The summed E-state index contributed by atoms with van der Waals surface area (Å²) in [7, 11) is 2.10. The van der Waals surface area contributed by atoms with Crippen molar-refractivity contribution in [3.05, 3.63) is 70.3 Å². The Morgan fingerprint density at radius 1 is 0.486 bits per heavy atom. The molecule has 0 atom stereocenters. The van der Waals surface area contributed by atoms with Gasteiger partial charge in [0, 0.05) is 12.1 Å². The Labute approximate surface area is 194 Å². The zero-order valence-electron chi connectivity index (χ0n) is 17.7. The van der Waals surface area contributed by atoms with Crippen LogP contribution in [0.15, 0.2) is 12.1 Å². The smallest absolute Gasteiger partial charge is 0.414 e. The van der Waals surface area contributed by atoms with Crippen LogP contribution in [-0.4, -0.2) is 35.5 Å². The summed E-state index contributed by atoms with van der Waals surface area (Å²) in [5, 5.41) is 0. The summed E-state index contributed by atoms with van der Waals surface area (Å²) in [5.41, 5.74) is 0. The first-order valence-electron chi connectivity index (χ1n) is 9.25. The van der Waals surface area contributed by atoms with Gasteiger partial charge in [-0.2, -0.15) is 8.78 Å². The van der Waals surface area contributed by atoms with Gasteiger partial charge in [0.1, 0.15) is 17.4 Å². The SMILES string of the molecule is COc1cc(F)cc(F)[c]1[Al]([c]1c(F)c(F)c(F)c(OC)c1F)[c]1c(F)c(F)c(F)c(OC)c1F. The van der Waals surface area contributed by atoms with Gasteiger partial charge in [0.15, 0.2) is 46.4 Å². The van der Waals surface area contributed by atoms with Gasteiger partial charge in [0.05, 0.1) is 21.3 Å². The normalized spacial score (nSPS) is 11.0. The van der Waals surface area contributed by atoms with Crippen LogP contribution in [0.25, 0.3) is 0 Å². The van der Waals surface area contributed by atoms with Crippen molar-refractivity contribution in [2.24, 2.45) is 0 Å². The van der Waals surface area contributed by atoms with Crippen molar-refractivity contribution >= 4 is 27.4 Å². The molecule has 14 heteroatoms. The molecule has 3 rings (SSSR count). The zero-order valence-corrected chi connectivity index (χ0v) is 18.9. The number of methoxy groups -OCH3 is 3. The van der Waals surface area contributed by atoms with Crippen molar-refractivity contribution < 1.29 is 58.1 Å². The van der Waals surface area contributed by atoms with Crippen molar-refractivity contribution in [3.8, 4) is 17.2 Å². The number of hydrogen-bond donors (Lipinski definition) is 0. The van der Waals surface area contributed by atoms with Crippen LogP contribution in [0.3, 0.4) is 0 Å². The van der Waals surface area contributed by atoms with Crippen molar-refractivity contribution in [3.63, 3.8) is 0 Å². The van der Waals surface area contributed by atoms with E-state index in [1.54, 1.807) is 0 Å². The lowest BCUT2D eigenvalue weighted by atomic mass is 10.2. The van der Waals surface area contributed by atoms with Gasteiger partial charge >= 0.3 is 14.1 Å². The molecule has 0 unspecified atom stereocenters. The van der Waals surface area contributed by atoms with E-state index in [0.717, 1.165) is 7.11 Å². The number of halogens is 10. The Kier molecular flexibility index (Phi) is 7.47. The van der Waals surface area contributed by atoms with E-state index in [0.29, 0.717) is 20.3 Å². The molecule has 0 bridgehead atoms. The maximum Gasteiger partial charge on any atom is 0.414 e. The van der Waals surface area contributed by atoms with E-state index < -0.39 is 103 Å². The minimum atomic E-state index is -4.90. The first-order chi connectivity index (χ1) is 16.4. The van der Waals surface area contributed by atoms with Crippen LogP contribution >= 0.6 is 0 Å². The van der Waals surface area contributed by atoms with Crippen molar-refractivity contribution in [2.45, 2.75) is 0 Å². The van der Waals surface area contributed by atoms with E-state index in [1.807, 2.05) is 0 Å². The Balaban J connectivity index is 2.65. The van der Waals surface area contributed by atoms with Crippen molar-refractivity contribution in [1.82, 2.24) is 0 Å². The number of ether oxygens (including phenoxy) is 3. The molecule has 186 valence electrons. The topological polar surface area (TPSA) is 27.7 Å². The molecule has 0 spiro atoms. The second-order valence-corrected chi connectivity index (χ2v) is 9.44. The Bertz CT molecular complexity index is 1260. The van der Waals surface area contributed by atoms with E-state index in [-0.39, 0.29) is 6.07 Å². The molecular formula is C21H11AlF10O3. The highest BCUT2D eigenvalue weighted by Gasteiger charge is 2.45. The minimum Gasteiger partial charge on any atom is -0.498 e. The molecule has 0 saturated heterocycles. The van der Waals surface area contributed by atoms with Gasteiger partial charge in [-0.25, -0.2) is 35.1 Å². The molecule has 0 radical (unpaired) electrons. The third-order valence-corrected chi connectivity index (χ3v) is 8.37. The summed E-state index contributed by atoms with van der Waals surface area (Å²) < 4.78 is 155. The summed E-state index contributed by atoms with van der Waals surface area (Å²) >= 11 is -4.90. The molecule has 0 aliphatic heterocycles. The van der Waals surface area contributed by atoms with Gasteiger partial charge in [-0.1, -0.05) is 0 Å². The Morgan fingerprint density at radius 3 is 1.29 bits per heavy atom. The summed E-state index contributed by atoms with van der Waals surface area (Å²) in [4.78, 5) is 0. The molecule has 3 aromatic carbocycles. The molecule has 0 aliphatic rings. The predicted octanol–water partition coefficient (Wildman–Crippen LogP) is 3.62. The standard InChI is InChI=1S/2C7H3F4O.C7H5F2O.Al/c2*1-12-7-4(9)2-3(8)5(10)6(7)11;1-10-7-3-5(8)2-6(9)4-7;/h2*1H3;2-3H,1H3;. The van der Waals surface area contributed by atoms with E-state index in [9.17, 15) is 35.1 Å². The van der Waals surface area contributed by atoms with Gasteiger partial charge in [0.2, 0.25) is 11.6 Å². The number of benzene rings is 3. The summed E-state index contributed by atoms with van der Waals surface area (Å²) in [5.74, 6) is -25.0. The molecule has 0 amide bonds. The molecular weight excluding hydrogens is 517 g/mol. The lowest BCUT2D eigenvalue weighted by Crippen LogP contribution is -2.59. The first-order valence-corrected chi connectivity index (χ1v) is 11.0. The molecule has 0 aliphatic carbocycles. The second-order valence-electron chi connectivity index (χ2n) is 6.84. The van der Waals surface area contributed by atoms with E-state index in [1.165, 1.54) is 0 Å². The fourth-order valence-corrected chi connectivity index (χ4v) is 6.81. The third kappa shape index (κ3) is 4.14. The van der Waals surface area contributed by atoms with E-state index in [4.69, 9.17) is 4.74 Å². The lowest BCUT2D eigenvalue weighted by molar-refractivity contribution is 0.337. The van der Waals surface area contributed by atoms with Crippen LogP contribution in [-0.2, 0) is 0 Å². The molecule has 0 heterocycles. The van der Waals surface area contributed by atoms with Crippen LogP contribution in [0.4, 0.5) is 43.9 Å². The second kappa shape index (κ2) is 9.87. The highest BCUT2D eigenvalue weighted by molar-refractivity contribution is 6.96. The summed E-state index contributed by atoms with van der Waals surface area (Å²) in [6, 6.07) is 0.593. The Hall–Kier alpha value is -3.11. The zero-order chi connectivity index (χ0) is 26.4. The highest BCUT2D eigenvalue weighted by Crippen LogP contribution is 2.29. The largest absolute Gasteiger partial charge is 0.498 e. The summed E-state index contributed by atoms with van der Waals surface area (Å²) in [6.07, 6.45) is 0. The predicted molar refractivity (Wildman–Crippen MR) is 103 cm³/mol. The fourth-order valence-electron chi connectivity index (χ4n) is 3.57. The third-order valence-electron chi connectivity index (χ3n) is 5.06. The van der Waals surface area contributed by atoms with E-state index in [2.05, 4.69) is 9.47 Å². The monoisotopic (exact) mass is 528 g/mol.